The Bertz CT molecular complexity index is 4980. The lowest BCUT2D eigenvalue weighted by molar-refractivity contribution is 0.00578. The zero-order chi connectivity index (χ0) is 82.3. The van der Waals surface area contributed by atoms with E-state index in [0.717, 1.165) is 95.0 Å². The van der Waals surface area contributed by atoms with E-state index in [0.29, 0.717) is 23.3 Å². The fourth-order valence-electron chi connectivity index (χ4n) is 10.4. The SMILES string of the molecule is Brc1csc(Br)c1.C1CNC1.CC(C)(C)c1cc(-c2cc(-c3ccc(C(=O)N4CCC4)cc3Cl)cs2)ccn1.CC(C)(C)c1cc(-c2cc(-c3ccc(C(=O)O)cc3Cl)cs2)ccn1.CC(C)(C)c1cc(-c2cc(Br)cs2)ccn1.CC(C)(C)c1cc(B2OC(C)(C)C(C)(C)O2)ccn1.O=C(O)c1ccc(O[B]O)c(Cl)c1. The number of hydrogen-bond donors (Lipinski definition) is 4. The van der Waals surface area contributed by atoms with Crippen LogP contribution in [0.3, 0.4) is 0 Å². The van der Waals surface area contributed by atoms with Crippen LogP contribution in [0, 0.1) is 0 Å². The number of hydrogen-bond acceptors (Lipinski definition) is 16. The first-order chi connectivity index (χ1) is 52.5. The van der Waals surface area contributed by atoms with E-state index in [4.69, 9.17) is 59.3 Å². The van der Waals surface area contributed by atoms with E-state index in [2.05, 4.69) is 248 Å². The summed E-state index contributed by atoms with van der Waals surface area (Å²) in [6, 6.07) is 39.4. The van der Waals surface area contributed by atoms with Crippen LogP contribution < -0.4 is 15.4 Å². The maximum Gasteiger partial charge on any atom is 0.569 e. The second kappa shape index (κ2) is 39.9. The van der Waals surface area contributed by atoms with Crippen molar-refractivity contribution in [3.63, 3.8) is 0 Å². The minimum absolute atomic E-state index is 0.00787. The van der Waals surface area contributed by atoms with Gasteiger partial charge in [-0.05, 0) is 261 Å². The van der Waals surface area contributed by atoms with Crippen LogP contribution in [0.1, 0.15) is 177 Å². The van der Waals surface area contributed by atoms with Crippen LogP contribution in [0.5, 0.6) is 5.75 Å². The van der Waals surface area contributed by atoms with Gasteiger partial charge in [0.2, 0.25) is 0 Å². The van der Waals surface area contributed by atoms with Crippen molar-refractivity contribution in [3.8, 4) is 59.3 Å². The molecule has 589 valence electrons. The summed E-state index contributed by atoms with van der Waals surface area (Å²) in [5, 5.41) is 38.5. The third kappa shape index (κ3) is 26.0. The molecule has 15 nitrogen and oxygen atoms in total. The molecule has 0 bridgehead atoms. The average molecular weight is 1840 g/mol. The Hall–Kier alpha value is -6.45. The van der Waals surface area contributed by atoms with Crippen molar-refractivity contribution in [1.29, 1.82) is 0 Å². The molecule has 4 N–H and O–H groups in total. The first-order valence-electron chi connectivity index (χ1n) is 36.0. The molecule has 3 aliphatic heterocycles. The summed E-state index contributed by atoms with van der Waals surface area (Å²) in [6.45, 7) is 38.4. The molecule has 0 aliphatic carbocycles. The first-order valence-corrected chi connectivity index (χ1v) is 43.1. The van der Waals surface area contributed by atoms with E-state index < -0.39 is 11.9 Å². The molecule has 0 unspecified atom stereocenters. The minimum Gasteiger partial charge on any atom is -0.536 e. The Morgan fingerprint density at radius 2 is 0.866 bits per heavy atom. The Kier molecular flexibility index (Phi) is 32.5. The first kappa shape index (κ1) is 91.1. The van der Waals surface area contributed by atoms with Crippen molar-refractivity contribution in [2.75, 3.05) is 26.2 Å². The number of rotatable bonds is 11. The molecule has 0 saturated carbocycles. The summed E-state index contributed by atoms with van der Waals surface area (Å²) in [6.07, 6.45) is 9.91. The highest BCUT2D eigenvalue weighted by Gasteiger charge is 2.52. The number of aromatic nitrogens is 4. The molecule has 3 saturated heterocycles. The van der Waals surface area contributed by atoms with Gasteiger partial charge in [-0.1, -0.05) is 130 Å². The van der Waals surface area contributed by atoms with Gasteiger partial charge in [0.05, 0.1) is 31.1 Å². The molecular weight excluding hydrogens is 1740 g/mol. The molecule has 0 atom stereocenters. The van der Waals surface area contributed by atoms with Gasteiger partial charge in [0, 0.05) is 143 Å². The number of carbonyl (C=O) groups is 3. The highest BCUT2D eigenvalue weighted by Crippen LogP contribution is 2.41. The van der Waals surface area contributed by atoms with E-state index >= 15 is 0 Å². The van der Waals surface area contributed by atoms with Crippen LogP contribution in [0.15, 0.2) is 186 Å². The molecule has 3 aromatic carbocycles. The van der Waals surface area contributed by atoms with Crippen molar-refractivity contribution >= 4 is 166 Å². The van der Waals surface area contributed by atoms with Crippen LogP contribution in [0.2, 0.25) is 15.1 Å². The Morgan fingerprint density at radius 1 is 0.491 bits per heavy atom. The number of carboxylic acid groups (broad SMARTS) is 2. The number of benzene rings is 3. The van der Waals surface area contributed by atoms with Crippen LogP contribution in [-0.2, 0) is 31.0 Å². The van der Waals surface area contributed by atoms with E-state index in [9.17, 15) is 14.4 Å². The minimum atomic E-state index is -1.07. The number of carbonyl (C=O) groups excluding carboxylic acids is 1. The summed E-state index contributed by atoms with van der Waals surface area (Å²) >= 11 is 35.3. The monoisotopic (exact) mass is 1830 g/mol. The highest BCUT2D eigenvalue weighted by molar-refractivity contribution is 9.11. The lowest BCUT2D eigenvalue weighted by Gasteiger charge is -2.32. The molecule has 14 rings (SSSR count). The van der Waals surface area contributed by atoms with E-state index in [-0.39, 0.29) is 67.8 Å². The van der Waals surface area contributed by atoms with Crippen molar-refractivity contribution in [2.45, 2.75) is 156 Å². The van der Waals surface area contributed by atoms with Crippen molar-refractivity contribution in [1.82, 2.24) is 30.2 Å². The molecular formula is C85H93B2Br3Cl3N6O9S4. The van der Waals surface area contributed by atoms with Gasteiger partial charge in [-0.2, -0.15) is 0 Å². The van der Waals surface area contributed by atoms with Gasteiger partial charge in [-0.25, -0.2) is 9.59 Å². The summed E-state index contributed by atoms with van der Waals surface area (Å²) in [5.41, 5.74) is 13.2. The third-order valence-corrected chi connectivity index (χ3v) is 25.0. The van der Waals surface area contributed by atoms with Gasteiger partial charge >= 0.3 is 26.7 Å². The maximum atomic E-state index is 12.4. The largest absolute Gasteiger partial charge is 0.569 e. The number of halogens is 6. The van der Waals surface area contributed by atoms with Gasteiger partial charge in [0.25, 0.3) is 5.91 Å². The van der Waals surface area contributed by atoms with Gasteiger partial charge in [-0.3, -0.25) is 24.7 Å². The number of nitrogens with one attached hydrogen (secondary N) is 1. The van der Waals surface area contributed by atoms with Crippen molar-refractivity contribution in [3.05, 3.63) is 241 Å². The average Bonchev–Trinajstić information content (AvgIpc) is 1.62. The van der Waals surface area contributed by atoms with Crippen molar-refractivity contribution < 1.29 is 43.6 Å². The number of pyridine rings is 4. The fourth-order valence-corrected chi connectivity index (χ4v) is 16.4. The second-order valence-electron chi connectivity index (χ2n) is 31.6. The Morgan fingerprint density at radius 3 is 1.21 bits per heavy atom. The summed E-state index contributed by atoms with van der Waals surface area (Å²) in [7, 11) is 0.163. The maximum absolute atomic E-state index is 12.4. The van der Waals surface area contributed by atoms with Crippen LogP contribution in [0.25, 0.3) is 53.6 Å². The molecule has 27 heteroatoms. The van der Waals surface area contributed by atoms with E-state index in [1.807, 2.05) is 76.8 Å². The van der Waals surface area contributed by atoms with Crippen molar-refractivity contribution in [2.24, 2.45) is 0 Å². The van der Waals surface area contributed by atoms with Gasteiger partial charge < -0.3 is 39.4 Å². The number of aromatic carboxylic acids is 2. The summed E-state index contributed by atoms with van der Waals surface area (Å²) < 4.78 is 20.2. The molecule has 1 amide bonds. The highest BCUT2D eigenvalue weighted by atomic mass is 79.9. The van der Waals surface area contributed by atoms with Gasteiger partial charge in [0.1, 0.15) is 5.75 Å². The zero-order valence-electron chi connectivity index (χ0n) is 65.6. The quantitative estimate of drug-likeness (QED) is 0.0889. The molecule has 3 aliphatic rings. The molecule has 3 fully saturated rings. The summed E-state index contributed by atoms with van der Waals surface area (Å²) in [4.78, 5) is 57.2. The third-order valence-electron chi connectivity index (χ3n) is 18.1. The van der Waals surface area contributed by atoms with Gasteiger partial charge in [-0.15, -0.1) is 45.3 Å². The molecule has 112 heavy (non-hydrogen) atoms. The van der Waals surface area contributed by atoms with E-state index in [1.165, 1.54) is 62.9 Å². The standard InChI is InChI=1S/C23H23ClN2OS.C20H18ClNO2S.C15H24BNO2.C13H14BrNS.C7H5BClO4.C4H2Br2S.C3H7N/c1-23(2,3)21-13-15(7-8-25-21)20-12-17(14-28-20)18-6-5-16(11-19(18)24)22(27)26-9-4-10-26;1-20(2,3)18-10-12(6-7-22-18)17-9-14(11-25-17)15-5-4-13(19(23)24)8-16(15)21;1-13(2,3)12-10-11(8-9-17-12)16-18-14(4,5)15(6,7)19-16;1-13(2,3)12-6-9(4-5-15-12)11-7-10(14)8-16-11;9-5-3-4(7(10)11)1-2-6(5)13-8-12;5-3-1-4(6)7-2-3;1-2-4-3-1/h5-8,11-14H,4,9-10H2,1-3H3;4-11H,1-3H3,(H,23,24);8-10H,1-7H3;4-8H,1-3H3;1-3,12H,(H,10,11);1-2H;4H,1-3H2. The normalized spacial score (nSPS) is 14.0. The van der Waals surface area contributed by atoms with Crippen LogP contribution in [0.4, 0.5) is 0 Å². The zero-order valence-corrected chi connectivity index (χ0v) is 75.9. The fraction of sp³-hybridized carbons (Fsp3) is 0.329. The molecule has 11 heterocycles. The predicted molar refractivity (Wildman–Crippen MR) is 478 cm³/mol. The lowest BCUT2D eigenvalue weighted by Crippen LogP contribution is -2.41. The number of nitrogens with zero attached hydrogens (tertiary/aromatic N) is 5. The number of carboxylic acids is 2. The molecule has 11 aromatic rings. The Labute approximate surface area is 716 Å². The smallest absolute Gasteiger partial charge is 0.536 e. The lowest BCUT2D eigenvalue weighted by atomic mass is 9.77. The molecule has 1 radical (unpaired) electrons. The predicted octanol–water partition coefficient (Wildman–Crippen LogP) is 24.1. The summed E-state index contributed by atoms with van der Waals surface area (Å²) in [5.74, 6) is -1.78. The Balaban J connectivity index is 0.000000173. The molecule has 8 aromatic heterocycles. The topological polar surface area (TPSA) is 206 Å². The van der Waals surface area contributed by atoms with Crippen LogP contribution >= 0.6 is 128 Å². The van der Waals surface area contributed by atoms with Crippen LogP contribution in [-0.4, -0.2) is 110 Å². The number of amides is 1. The van der Waals surface area contributed by atoms with E-state index in [1.54, 1.807) is 63.5 Å². The molecule has 0 spiro atoms. The van der Waals surface area contributed by atoms with Gasteiger partial charge in [0.15, 0.2) is 0 Å². The number of thiophene rings is 4. The number of likely N-dealkylation sites (tertiary alicyclic amines) is 1. The second-order valence-corrected chi connectivity index (χ2v) is 39.6.